The fourth-order valence-electron chi connectivity index (χ4n) is 3.43. The van der Waals surface area contributed by atoms with Gasteiger partial charge in [-0.15, -0.1) is 20.4 Å². The third kappa shape index (κ3) is 5.54. The first-order valence-corrected chi connectivity index (χ1v) is 15.3. The van der Waals surface area contributed by atoms with Crippen molar-refractivity contribution in [2.75, 3.05) is 33.6 Å². The van der Waals surface area contributed by atoms with Gasteiger partial charge in [-0.25, -0.2) is 8.42 Å². The van der Waals surface area contributed by atoms with Gasteiger partial charge in [-0.3, -0.25) is 9.59 Å². The molecule has 3 heterocycles. The maximum Gasteiger partial charge on any atom is 0.234 e. The molecule has 1 aliphatic heterocycles. The zero-order valence-corrected chi connectivity index (χ0v) is 22.6. The fourth-order valence-corrected chi connectivity index (χ4v) is 7.95. The van der Waals surface area contributed by atoms with Crippen LogP contribution in [0.2, 0.25) is 0 Å². The number of nitrogens with zero attached hydrogens (tertiary/aromatic N) is 4. The van der Waals surface area contributed by atoms with Gasteiger partial charge < -0.3 is 22.1 Å². The quantitative estimate of drug-likeness (QED) is 0.193. The molecule has 17 heteroatoms. The lowest BCUT2D eigenvalue weighted by Gasteiger charge is -2.08. The van der Waals surface area contributed by atoms with Gasteiger partial charge in [0.15, 0.2) is 8.68 Å². The second-order valence-electron chi connectivity index (χ2n) is 7.41. The number of thioether (sulfide) groups is 2. The summed E-state index contributed by atoms with van der Waals surface area (Å²) in [6, 6.07) is 9.20. The van der Waals surface area contributed by atoms with E-state index in [2.05, 4.69) is 31.0 Å². The van der Waals surface area contributed by atoms with E-state index in [1.54, 1.807) is 12.1 Å². The Kier molecular flexibility index (Phi) is 7.04. The van der Waals surface area contributed by atoms with Crippen LogP contribution in [0, 0.1) is 0 Å². The van der Waals surface area contributed by atoms with Crippen LogP contribution in [0.15, 0.2) is 54.9 Å². The summed E-state index contributed by atoms with van der Waals surface area (Å²) < 4.78 is 27.2. The summed E-state index contributed by atoms with van der Waals surface area (Å²) >= 11 is 4.76. The van der Waals surface area contributed by atoms with Crippen LogP contribution in [0.25, 0.3) is 11.1 Å². The smallest absolute Gasteiger partial charge is 0.234 e. The van der Waals surface area contributed by atoms with Gasteiger partial charge in [-0.1, -0.05) is 46.2 Å². The molecule has 0 unspecified atom stereocenters. The van der Waals surface area contributed by atoms with Gasteiger partial charge in [0, 0.05) is 22.5 Å². The van der Waals surface area contributed by atoms with Crippen molar-refractivity contribution in [2.24, 2.45) is 0 Å². The number of anilines is 4. The van der Waals surface area contributed by atoms with Gasteiger partial charge in [-0.05, 0) is 36.4 Å². The molecule has 2 aromatic heterocycles. The third-order valence-corrected chi connectivity index (χ3v) is 10.5. The highest BCUT2D eigenvalue weighted by atomic mass is 32.2. The molecule has 0 fully saturated rings. The molecule has 0 aliphatic carbocycles. The van der Waals surface area contributed by atoms with Crippen molar-refractivity contribution in [3.63, 3.8) is 0 Å². The molecule has 0 bridgehead atoms. The number of carbonyl (C=O) groups is 2. The standard InChI is InChI=1S/C20H16N8O4S5/c21-17-25-27-19(35-17)33-7-15(29)23-9-1-3-13-11(5-9)12-6-10(2-4-14(12)37(13,31)32)24-16(30)8-34-20-28-26-18(22)36-20/h1-6H,7-8H2,(H2,21,25)(H2,22,26)(H,23,29)(H,24,30). The van der Waals surface area contributed by atoms with Crippen molar-refractivity contribution in [3.05, 3.63) is 36.4 Å². The second-order valence-corrected chi connectivity index (χ2v) is 13.8. The first kappa shape index (κ1) is 25.4. The predicted octanol–water partition coefficient (Wildman–Crippen LogP) is 2.83. The average Bonchev–Trinajstić information content (AvgIpc) is 3.53. The maximum atomic E-state index is 13.0. The minimum atomic E-state index is -3.73. The van der Waals surface area contributed by atoms with E-state index in [1.165, 1.54) is 70.5 Å². The Balaban J connectivity index is 1.30. The molecule has 0 radical (unpaired) electrons. The molecule has 0 spiro atoms. The first-order valence-electron chi connectivity index (χ1n) is 10.3. The van der Waals surface area contributed by atoms with Crippen molar-refractivity contribution < 1.29 is 18.0 Å². The zero-order valence-electron chi connectivity index (χ0n) is 18.5. The van der Waals surface area contributed by atoms with Crippen molar-refractivity contribution >= 4 is 89.5 Å². The number of hydrogen-bond donors (Lipinski definition) is 4. The van der Waals surface area contributed by atoms with E-state index < -0.39 is 9.84 Å². The molecule has 6 N–H and O–H groups in total. The Labute approximate surface area is 226 Å². The molecule has 190 valence electrons. The molecule has 5 rings (SSSR count). The number of nitrogens with one attached hydrogen (secondary N) is 2. The van der Waals surface area contributed by atoms with Crippen LogP contribution in [-0.4, -0.2) is 52.1 Å². The Hall–Kier alpha value is -3.25. The summed E-state index contributed by atoms with van der Waals surface area (Å²) in [6.45, 7) is 0. The number of nitrogens with two attached hydrogens (primary N) is 2. The maximum absolute atomic E-state index is 13.0. The molecular weight excluding hydrogens is 577 g/mol. The van der Waals surface area contributed by atoms with Crippen LogP contribution in [0.5, 0.6) is 0 Å². The van der Waals surface area contributed by atoms with Gasteiger partial charge in [0.25, 0.3) is 0 Å². The number of hydrogen-bond acceptors (Lipinski definition) is 14. The minimum absolute atomic E-state index is 0.0818. The van der Waals surface area contributed by atoms with Crippen LogP contribution in [0.4, 0.5) is 21.6 Å². The van der Waals surface area contributed by atoms with E-state index in [0.29, 0.717) is 41.4 Å². The second kappa shape index (κ2) is 10.3. The number of aromatic nitrogens is 4. The number of amides is 2. The number of benzene rings is 2. The molecule has 0 atom stereocenters. The van der Waals surface area contributed by atoms with Gasteiger partial charge in [0.05, 0.1) is 21.3 Å². The van der Waals surface area contributed by atoms with E-state index in [0.717, 1.165) is 0 Å². The largest absolute Gasteiger partial charge is 0.374 e. The monoisotopic (exact) mass is 592 g/mol. The van der Waals surface area contributed by atoms with E-state index >= 15 is 0 Å². The van der Waals surface area contributed by atoms with Crippen molar-refractivity contribution in [3.8, 4) is 11.1 Å². The molecule has 0 saturated carbocycles. The van der Waals surface area contributed by atoms with Crippen LogP contribution in [0.3, 0.4) is 0 Å². The van der Waals surface area contributed by atoms with Crippen LogP contribution in [0.1, 0.15) is 0 Å². The van der Waals surface area contributed by atoms with Crippen LogP contribution in [-0.2, 0) is 19.4 Å². The zero-order chi connectivity index (χ0) is 26.2. The number of sulfone groups is 1. The van der Waals surface area contributed by atoms with Gasteiger partial charge >= 0.3 is 0 Å². The van der Waals surface area contributed by atoms with Crippen LogP contribution < -0.4 is 22.1 Å². The highest BCUT2D eigenvalue weighted by Gasteiger charge is 2.33. The van der Waals surface area contributed by atoms with Crippen molar-refractivity contribution in [1.82, 2.24) is 20.4 Å². The summed E-state index contributed by atoms with van der Waals surface area (Å²) in [6.07, 6.45) is 0. The number of carbonyl (C=O) groups excluding carboxylic acids is 2. The molecule has 12 nitrogen and oxygen atoms in total. The summed E-state index contributed by atoms with van der Waals surface area (Å²) in [5.74, 6) is -0.428. The molecule has 37 heavy (non-hydrogen) atoms. The summed E-state index contributed by atoms with van der Waals surface area (Å²) in [7, 11) is -3.73. The van der Waals surface area contributed by atoms with E-state index in [4.69, 9.17) is 11.5 Å². The Morgan fingerprint density at radius 2 is 1.19 bits per heavy atom. The molecule has 1 aliphatic rings. The summed E-state index contributed by atoms with van der Waals surface area (Å²) in [5, 5.41) is 21.3. The lowest BCUT2D eigenvalue weighted by atomic mass is 10.0. The van der Waals surface area contributed by atoms with Crippen molar-refractivity contribution in [1.29, 1.82) is 0 Å². The first-order chi connectivity index (χ1) is 17.7. The Morgan fingerprint density at radius 3 is 1.57 bits per heavy atom. The topological polar surface area (TPSA) is 196 Å². The van der Waals surface area contributed by atoms with Gasteiger partial charge in [0.1, 0.15) is 0 Å². The van der Waals surface area contributed by atoms with Gasteiger partial charge in [0.2, 0.25) is 31.9 Å². The Morgan fingerprint density at radius 1 is 0.757 bits per heavy atom. The lowest BCUT2D eigenvalue weighted by Crippen LogP contribution is -2.14. The molecule has 2 aromatic carbocycles. The molecule has 2 amide bonds. The average molecular weight is 593 g/mol. The number of fused-ring (bicyclic) bond motifs is 3. The van der Waals surface area contributed by atoms with E-state index in [9.17, 15) is 18.0 Å². The predicted molar refractivity (Wildman–Crippen MR) is 145 cm³/mol. The molecular formula is C20H16N8O4S5. The SMILES string of the molecule is Nc1nnc(SCC(=O)Nc2ccc3c(c2)-c2cc(NC(=O)CSc4nnc(N)s4)ccc2S3(=O)=O)s1. The normalized spacial score (nSPS) is 13.1. The van der Waals surface area contributed by atoms with E-state index in [1.807, 2.05) is 0 Å². The summed E-state index contributed by atoms with van der Waals surface area (Å²) in [5.41, 5.74) is 12.8. The highest BCUT2D eigenvalue weighted by molar-refractivity contribution is 8.02. The molecule has 4 aromatic rings. The van der Waals surface area contributed by atoms with Crippen LogP contribution >= 0.6 is 46.2 Å². The summed E-state index contributed by atoms with van der Waals surface area (Å²) in [4.78, 5) is 25.1. The van der Waals surface area contributed by atoms with E-state index in [-0.39, 0.29) is 33.1 Å². The minimum Gasteiger partial charge on any atom is -0.374 e. The van der Waals surface area contributed by atoms with Gasteiger partial charge in [-0.2, -0.15) is 0 Å². The number of nitrogen functional groups attached to an aromatic ring is 2. The lowest BCUT2D eigenvalue weighted by molar-refractivity contribution is -0.114. The highest BCUT2D eigenvalue weighted by Crippen LogP contribution is 2.45. The fraction of sp³-hybridized carbons (Fsp3) is 0.100. The Bertz CT molecular complexity index is 1520. The van der Waals surface area contributed by atoms with Crippen molar-refractivity contribution in [2.45, 2.75) is 18.5 Å². The number of rotatable bonds is 8. The molecule has 0 saturated heterocycles. The third-order valence-electron chi connectivity index (χ3n) is 4.89.